The second-order valence-corrected chi connectivity index (χ2v) is 3.25. The van der Waals surface area contributed by atoms with Gasteiger partial charge in [0.05, 0.1) is 11.6 Å². The van der Waals surface area contributed by atoms with E-state index in [-0.39, 0.29) is 0 Å². The van der Waals surface area contributed by atoms with E-state index in [1.165, 1.54) is 0 Å². The monoisotopic (exact) mass is 173 g/mol. The predicted octanol–water partition coefficient (Wildman–Crippen LogP) is 1.17. The molecule has 1 aromatic rings. The lowest BCUT2D eigenvalue weighted by molar-refractivity contribution is 0.384. The van der Waals surface area contributed by atoms with Crippen LogP contribution in [0.3, 0.4) is 0 Å². The van der Waals surface area contributed by atoms with Crippen LogP contribution in [0, 0.1) is 11.3 Å². The predicted molar refractivity (Wildman–Crippen MR) is 50.9 cm³/mol. The van der Waals surface area contributed by atoms with Gasteiger partial charge in [-0.1, -0.05) is 6.07 Å². The average molecular weight is 173 g/mol. The number of hydrogen-bond acceptors (Lipinski definition) is 3. The molecule has 1 unspecified atom stereocenters. The second-order valence-electron chi connectivity index (χ2n) is 3.25. The number of nitrogens with two attached hydrogens (primary N) is 1. The second kappa shape index (κ2) is 3.08. The molecule has 1 aliphatic rings. The highest BCUT2D eigenvalue weighted by atomic mass is 15.0. The fourth-order valence-corrected chi connectivity index (χ4v) is 1.52. The van der Waals surface area contributed by atoms with Crippen LogP contribution in [0.2, 0.25) is 0 Å². The minimum Gasteiger partial charge on any atom is -0.398 e. The molecule has 0 amide bonds. The number of nitrogens with one attached hydrogen (secondary N) is 1. The summed E-state index contributed by atoms with van der Waals surface area (Å²) in [6.45, 7) is 1.06. The SMILES string of the molecule is N#Cc1ccc(C2CCN2)c(N)c1. The fraction of sp³-hybridized carbons (Fsp3) is 0.300. The Kier molecular flexibility index (Phi) is 1.91. The van der Waals surface area contributed by atoms with Crippen molar-refractivity contribution in [3.8, 4) is 6.07 Å². The van der Waals surface area contributed by atoms with Crippen LogP contribution in [-0.4, -0.2) is 6.54 Å². The van der Waals surface area contributed by atoms with Gasteiger partial charge in [-0.25, -0.2) is 0 Å². The molecule has 3 N–H and O–H groups in total. The van der Waals surface area contributed by atoms with E-state index >= 15 is 0 Å². The Morgan fingerprint density at radius 1 is 1.54 bits per heavy atom. The van der Waals surface area contributed by atoms with E-state index in [4.69, 9.17) is 11.0 Å². The first kappa shape index (κ1) is 8.09. The maximum absolute atomic E-state index is 8.64. The van der Waals surface area contributed by atoms with E-state index in [9.17, 15) is 0 Å². The molecule has 1 fully saturated rings. The quantitative estimate of drug-likeness (QED) is 0.627. The number of benzene rings is 1. The Morgan fingerprint density at radius 3 is 2.77 bits per heavy atom. The molecule has 66 valence electrons. The van der Waals surface area contributed by atoms with E-state index in [1.807, 2.05) is 12.1 Å². The van der Waals surface area contributed by atoms with E-state index in [0.29, 0.717) is 11.6 Å². The Hall–Kier alpha value is -1.53. The maximum Gasteiger partial charge on any atom is 0.0992 e. The zero-order valence-corrected chi connectivity index (χ0v) is 7.25. The lowest BCUT2D eigenvalue weighted by Gasteiger charge is -2.29. The van der Waals surface area contributed by atoms with Gasteiger partial charge < -0.3 is 11.1 Å². The van der Waals surface area contributed by atoms with Crippen LogP contribution >= 0.6 is 0 Å². The topological polar surface area (TPSA) is 61.8 Å². The van der Waals surface area contributed by atoms with Crippen molar-refractivity contribution in [2.45, 2.75) is 12.5 Å². The molecule has 0 radical (unpaired) electrons. The first-order valence-electron chi connectivity index (χ1n) is 4.34. The van der Waals surface area contributed by atoms with Gasteiger partial charge in [-0.15, -0.1) is 0 Å². The molecule has 2 rings (SSSR count). The van der Waals surface area contributed by atoms with E-state index < -0.39 is 0 Å². The molecule has 3 nitrogen and oxygen atoms in total. The molecule has 0 aliphatic carbocycles. The Balaban J connectivity index is 2.32. The molecule has 0 bridgehead atoms. The van der Waals surface area contributed by atoms with Crippen molar-refractivity contribution >= 4 is 5.69 Å². The zero-order valence-electron chi connectivity index (χ0n) is 7.25. The van der Waals surface area contributed by atoms with Crippen molar-refractivity contribution in [1.82, 2.24) is 5.32 Å². The van der Waals surface area contributed by atoms with Crippen LogP contribution < -0.4 is 11.1 Å². The maximum atomic E-state index is 8.64. The molecule has 1 saturated heterocycles. The summed E-state index contributed by atoms with van der Waals surface area (Å²) < 4.78 is 0. The molecular formula is C10H11N3. The highest BCUT2D eigenvalue weighted by Crippen LogP contribution is 2.27. The molecule has 0 saturated carbocycles. The number of nitrogen functional groups attached to an aromatic ring is 1. The van der Waals surface area contributed by atoms with Crippen LogP contribution in [0.4, 0.5) is 5.69 Å². The first-order chi connectivity index (χ1) is 6.31. The smallest absolute Gasteiger partial charge is 0.0992 e. The summed E-state index contributed by atoms with van der Waals surface area (Å²) >= 11 is 0. The van der Waals surface area contributed by atoms with Crippen LogP contribution in [-0.2, 0) is 0 Å². The highest BCUT2D eigenvalue weighted by Gasteiger charge is 2.20. The van der Waals surface area contributed by atoms with Gasteiger partial charge in [0.25, 0.3) is 0 Å². The molecule has 1 aromatic carbocycles. The molecule has 3 heteroatoms. The van der Waals surface area contributed by atoms with E-state index in [0.717, 1.165) is 24.2 Å². The summed E-state index contributed by atoms with van der Waals surface area (Å²) in [6.07, 6.45) is 1.14. The molecule has 13 heavy (non-hydrogen) atoms. The Bertz CT molecular complexity index is 361. The summed E-state index contributed by atoms with van der Waals surface area (Å²) in [7, 11) is 0. The summed E-state index contributed by atoms with van der Waals surface area (Å²) in [6, 6.07) is 7.94. The average Bonchev–Trinajstić information content (AvgIpc) is 2.05. The number of rotatable bonds is 1. The lowest BCUT2D eigenvalue weighted by atomic mass is 9.95. The molecular weight excluding hydrogens is 162 g/mol. The van der Waals surface area contributed by atoms with Crippen molar-refractivity contribution in [3.63, 3.8) is 0 Å². The lowest BCUT2D eigenvalue weighted by Crippen LogP contribution is -2.35. The van der Waals surface area contributed by atoms with Crippen molar-refractivity contribution in [2.24, 2.45) is 0 Å². The van der Waals surface area contributed by atoms with Crippen molar-refractivity contribution < 1.29 is 0 Å². The highest BCUT2D eigenvalue weighted by molar-refractivity contribution is 5.53. The summed E-state index contributed by atoms with van der Waals surface area (Å²) in [4.78, 5) is 0. The van der Waals surface area contributed by atoms with Gasteiger partial charge in [0.2, 0.25) is 0 Å². The van der Waals surface area contributed by atoms with Gasteiger partial charge in [0.15, 0.2) is 0 Å². The van der Waals surface area contributed by atoms with E-state index in [1.54, 1.807) is 6.07 Å². The fourth-order valence-electron chi connectivity index (χ4n) is 1.52. The minimum atomic E-state index is 0.396. The summed E-state index contributed by atoms with van der Waals surface area (Å²) in [5.41, 5.74) is 8.28. The molecule has 0 aromatic heterocycles. The number of hydrogen-bond donors (Lipinski definition) is 2. The first-order valence-corrected chi connectivity index (χ1v) is 4.34. The third kappa shape index (κ3) is 1.36. The third-order valence-corrected chi connectivity index (χ3v) is 2.42. The number of nitrogens with zero attached hydrogens (tertiary/aromatic N) is 1. The van der Waals surface area contributed by atoms with Crippen LogP contribution in [0.5, 0.6) is 0 Å². The van der Waals surface area contributed by atoms with Gasteiger partial charge >= 0.3 is 0 Å². The van der Waals surface area contributed by atoms with Crippen LogP contribution in [0.25, 0.3) is 0 Å². The standard InChI is InChI=1S/C10H11N3/c11-6-7-1-2-8(9(12)5-7)10-3-4-13-10/h1-2,5,10,13H,3-4,12H2. The molecule has 1 heterocycles. The van der Waals surface area contributed by atoms with Gasteiger partial charge in [0.1, 0.15) is 0 Å². The third-order valence-electron chi connectivity index (χ3n) is 2.42. The zero-order chi connectivity index (χ0) is 9.26. The minimum absolute atomic E-state index is 0.396. The molecule has 1 aliphatic heterocycles. The number of nitriles is 1. The van der Waals surface area contributed by atoms with E-state index in [2.05, 4.69) is 11.4 Å². The molecule has 0 spiro atoms. The largest absolute Gasteiger partial charge is 0.398 e. The normalized spacial score (nSPS) is 20.4. The van der Waals surface area contributed by atoms with Gasteiger partial charge in [0, 0.05) is 11.7 Å². The summed E-state index contributed by atoms with van der Waals surface area (Å²) in [5, 5.41) is 11.9. The van der Waals surface area contributed by atoms with Gasteiger partial charge in [-0.3, -0.25) is 0 Å². The van der Waals surface area contributed by atoms with Crippen molar-refractivity contribution in [3.05, 3.63) is 29.3 Å². The van der Waals surface area contributed by atoms with Gasteiger partial charge in [-0.2, -0.15) is 5.26 Å². The molecule has 1 atom stereocenters. The van der Waals surface area contributed by atoms with Gasteiger partial charge in [-0.05, 0) is 30.7 Å². The van der Waals surface area contributed by atoms with Crippen molar-refractivity contribution in [2.75, 3.05) is 12.3 Å². The van der Waals surface area contributed by atoms with Crippen LogP contribution in [0.15, 0.2) is 18.2 Å². The van der Waals surface area contributed by atoms with Crippen molar-refractivity contribution in [1.29, 1.82) is 5.26 Å². The van der Waals surface area contributed by atoms with Crippen LogP contribution in [0.1, 0.15) is 23.6 Å². The Morgan fingerprint density at radius 2 is 2.31 bits per heavy atom. The number of anilines is 1. The Labute approximate surface area is 77.2 Å². The summed E-state index contributed by atoms with van der Waals surface area (Å²) in [5.74, 6) is 0.